The van der Waals surface area contributed by atoms with Crippen molar-refractivity contribution in [2.45, 2.75) is 52.3 Å². The Morgan fingerprint density at radius 3 is 2.91 bits per heavy atom. The van der Waals surface area contributed by atoms with Crippen molar-refractivity contribution in [3.05, 3.63) is 29.3 Å². The number of hydrogen-bond donors (Lipinski definition) is 0. The highest BCUT2D eigenvalue weighted by Gasteiger charge is 2.30. The lowest BCUT2D eigenvalue weighted by Gasteiger charge is -2.39. The highest BCUT2D eigenvalue weighted by molar-refractivity contribution is 5.79. The van der Waals surface area contributed by atoms with Gasteiger partial charge in [-0.15, -0.1) is 0 Å². The van der Waals surface area contributed by atoms with Gasteiger partial charge in [-0.3, -0.25) is 4.79 Å². The number of benzene rings is 1. The molecule has 0 spiro atoms. The number of hydrogen-bond acceptors (Lipinski definition) is 2. The fraction of sp³-hybridized carbons (Fsp3) is 0.632. The average Bonchev–Trinajstić information content (AvgIpc) is 2.56. The standard InChI is InChI=1S/C19H27NO2/c1-3-19(2)9-11-20(12-10-19)18(21)14-15-6-4-8-17-16(15)7-5-13-22-17/h4,6,8H,3,5,7,9-14H2,1-2H3/i7D. The molecule has 2 heterocycles. The SMILES string of the molecule is [2H]C1CCOc2cccc(CC(=O)N3CCC(C)(CC)CC3)c21. The lowest BCUT2D eigenvalue weighted by atomic mass is 9.78. The van der Waals surface area contributed by atoms with Crippen LogP contribution in [0, 0.1) is 5.41 Å². The summed E-state index contributed by atoms with van der Waals surface area (Å²) in [4.78, 5) is 14.7. The van der Waals surface area contributed by atoms with Crippen LogP contribution < -0.4 is 4.74 Å². The van der Waals surface area contributed by atoms with Gasteiger partial charge in [-0.25, -0.2) is 0 Å². The summed E-state index contributed by atoms with van der Waals surface area (Å²) in [7, 11) is 0. The molecule has 1 aromatic carbocycles. The summed E-state index contributed by atoms with van der Waals surface area (Å²) in [5.74, 6) is 0.980. The van der Waals surface area contributed by atoms with Gasteiger partial charge in [0.2, 0.25) is 5.91 Å². The Bertz CT molecular complexity index is 579. The Morgan fingerprint density at radius 1 is 1.41 bits per heavy atom. The Morgan fingerprint density at radius 2 is 2.18 bits per heavy atom. The predicted octanol–water partition coefficient (Wildman–Crippen LogP) is 3.59. The second-order valence-corrected chi connectivity index (χ2v) is 6.89. The first-order chi connectivity index (χ1) is 11.0. The molecule has 1 saturated heterocycles. The van der Waals surface area contributed by atoms with Gasteiger partial charge in [-0.2, -0.15) is 0 Å². The molecule has 2 aliphatic rings. The fourth-order valence-corrected chi connectivity index (χ4v) is 3.40. The molecule has 1 aromatic rings. The summed E-state index contributed by atoms with van der Waals surface area (Å²) in [5, 5.41) is 0. The van der Waals surface area contributed by atoms with Gasteiger partial charge in [0.05, 0.1) is 13.0 Å². The van der Waals surface area contributed by atoms with E-state index in [2.05, 4.69) is 13.8 Å². The highest BCUT2D eigenvalue weighted by atomic mass is 16.5. The van der Waals surface area contributed by atoms with Crippen LogP contribution in [0.4, 0.5) is 0 Å². The third-order valence-electron chi connectivity index (χ3n) is 5.40. The van der Waals surface area contributed by atoms with E-state index in [0.29, 0.717) is 24.9 Å². The van der Waals surface area contributed by atoms with Crippen LogP contribution in [0.1, 0.15) is 52.0 Å². The molecule has 3 rings (SSSR count). The van der Waals surface area contributed by atoms with Crippen molar-refractivity contribution in [2.24, 2.45) is 5.41 Å². The van der Waals surface area contributed by atoms with Gasteiger partial charge in [0.25, 0.3) is 0 Å². The first-order valence-electron chi connectivity index (χ1n) is 9.05. The normalized spacial score (nSPS) is 24.2. The Labute approximate surface area is 135 Å². The summed E-state index contributed by atoms with van der Waals surface area (Å²) in [6, 6.07) is 5.83. The van der Waals surface area contributed by atoms with Crippen molar-refractivity contribution < 1.29 is 10.9 Å². The zero-order chi connectivity index (χ0) is 16.4. The maximum Gasteiger partial charge on any atom is 0.227 e. The molecular weight excluding hydrogens is 274 g/mol. The van der Waals surface area contributed by atoms with Gasteiger partial charge in [0.15, 0.2) is 0 Å². The van der Waals surface area contributed by atoms with Crippen molar-refractivity contribution in [1.82, 2.24) is 4.90 Å². The van der Waals surface area contributed by atoms with Crippen molar-refractivity contribution in [1.29, 1.82) is 0 Å². The third-order valence-corrected chi connectivity index (χ3v) is 5.40. The Hall–Kier alpha value is -1.51. The number of fused-ring (bicyclic) bond motifs is 1. The van der Waals surface area contributed by atoms with Crippen LogP contribution in [0.3, 0.4) is 0 Å². The van der Waals surface area contributed by atoms with Gasteiger partial charge < -0.3 is 9.64 Å². The highest BCUT2D eigenvalue weighted by Crippen LogP contribution is 2.34. The number of ether oxygens (including phenoxy) is 1. The van der Waals surface area contributed by atoms with Crippen molar-refractivity contribution >= 4 is 5.91 Å². The van der Waals surface area contributed by atoms with Gasteiger partial charge >= 0.3 is 0 Å². The van der Waals surface area contributed by atoms with E-state index in [4.69, 9.17) is 6.11 Å². The summed E-state index contributed by atoms with van der Waals surface area (Å²) in [6.07, 6.45) is 4.19. The minimum Gasteiger partial charge on any atom is -0.493 e. The molecule has 3 heteroatoms. The molecule has 1 unspecified atom stereocenters. The van der Waals surface area contributed by atoms with Crippen LogP contribution in [0.25, 0.3) is 0 Å². The lowest BCUT2D eigenvalue weighted by molar-refractivity contribution is -0.132. The second-order valence-electron chi connectivity index (χ2n) is 6.89. The van der Waals surface area contributed by atoms with Gasteiger partial charge in [0, 0.05) is 14.5 Å². The maximum absolute atomic E-state index is 12.7. The van der Waals surface area contributed by atoms with E-state index in [0.717, 1.165) is 42.8 Å². The summed E-state index contributed by atoms with van der Waals surface area (Å²) in [6.45, 7) is 6.88. The van der Waals surface area contributed by atoms with E-state index in [9.17, 15) is 4.79 Å². The number of likely N-dealkylation sites (tertiary alicyclic amines) is 1. The van der Waals surface area contributed by atoms with E-state index in [-0.39, 0.29) is 12.3 Å². The molecule has 0 aliphatic carbocycles. The zero-order valence-corrected chi connectivity index (χ0v) is 13.7. The number of carbonyl (C=O) groups excluding carboxylic acids is 1. The predicted molar refractivity (Wildman–Crippen MR) is 88.2 cm³/mol. The quantitative estimate of drug-likeness (QED) is 0.854. The zero-order valence-electron chi connectivity index (χ0n) is 14.7. The monoisotopic (exact) mass is 302 g/mol. The van der Waals surface area contributed by atoms with E-state index < -0.39 is 0 Å². The minimum absolute atomic E-state index is 0.189. The summed E-state index contributed by atoms with van der Waals surface area (Å²) < 4.78 is 13.9. The molecule has 0 aromatic heterocycles. The number of carbonyl (C=O) groups is 1. The lowest BCUT2D eigenvalue weighted by Crippen LogP contribution is -2.42. The van der Waals surface area contributed by atoms with Crippen LogP contribution in [-0.4, -0.2) is 30.5 Å². The molecule has 2 aliphatic heterocycles. The molecule has 3 nitrogen and oxygen atoms in total. The number of nitrogens with zero attached hydrogens (tertiary/aromatic N) is 1. The maximum atomic E-state index is 12.7. The number of piperidine rings is 1. The first-order valence-corrected chi connectivity index (χ1v) is 8.47. The van der Waals surface area contributed by atoms with E-state index in [1.54, 1.807) is 0 Å². The van der Waals surface area contributed by atoms with Crippen molar-refractivity contribution in [3.8, 4) is 5.75 Å². The van der Waals surface area contributed by atoms with E-state index in [1.165, 1.54) is 6.42 Å². The van der Waals surface area contributed by atoms with Gasteiger partial charge in [-0.05, 0) is 48.3 Å². The van der Waals surface area contributed by atoms with Crippen LogP contribution >= 0.6 is 0 Å². The minimum atomic E-state index is -0.271. The molecule has 1 amide bonds. The molecule has 120 valence electrons. The van der Waals surface area contributed by atoms with Crippen LogP contribution in [0.2, 0.25) is 0 Å². The molecule has 1 fully saturated rings. The molecule has 22 heavy (non-hydrogen) atoms. The number of amides is 1. The van der Waals surface area contributed by atoms with Crippen LogP contribution in [0.15, 0.2) is 18.2 Å². The van der Waals surface area contributed by atoms with Crippen LogP contribution in [0.5, 0.6) is 5.75 Å². The van der Waals surface area contributed by atoms with Gasteiger partial charge in [-0.1, -0.05) is 32.4 Å². The summed E-state index contributed by atoms with van der Waals surface area (Å²) >= 11 is 0. The molecule has 0 bridgehead atoms. The van der Waals surface area contributed by atoms with E-state index >= 15 is 0 Å². The molecule has 0 saturated carbocycles. The van der Waals surface area contributed by atoms with Crippen LogP contribution in [-0.2, 0) is 17.6 Å². The average molecular weight is 302 g/mol. The topological polar surface area (TPSA) is 29.5 Å². The molecular formula is C19H27NO2. The largest absolute Gasteiger partial charge is 0.493 e. The second kappa shape index (κ2) is 6.31. The molecule has 0 radical (unpaired) electrons. The first kappa shape index (κ1) is 14.1. The van der Waals surface area contributed by atoms with Crippen molar-refractivity contribution in [3.63, 3.8) is 0 Å². The fourth-order valence-electron chi connectivity index (χ4n) is 3.40. The Kier molecular flexibility index (Phi) is 4.05. The molecule has 1 atom stereocenters. The van der Waals surface area contributed by atoms with Crippen molar-refractivity contribution in [2.75, 3.05) is 19.7 Å². The van der Waals surface area contributed by atoms with E-state index in [1.807, 2.05) is 23.1 Å². The Balaban J connectivity index is 1.70. The third kappa shape index (κ3) is 3.13. The van der Waals surface area contributed by atoms with Gasteiger partial charge in [0.1, 0.15) is 5.75 Å². The number of rotatable bonds is 3. The molecule has 0 N–H and O–H groups in total. The smallest absolute Gasteiger partial charge is 0.227 e. The summed E-state index contributed by atoms with van der Waals surface area (Å²) in [5.41, 5.74) is 2.28.